The zero-order chi connectivity index (χ0) is 19.2. The summed E-state index contributed by atoms with van der Waals surface area (Å²) < 4.78 is 11.2. The number of ether oxygens (including phenoxy) is 2. The largest absolute Gasteiger partial charge is 0.492 e. The predicted octanol–water partition coefficient (Wildman–Crippen LogP) is 2.16. The molecule has 0 spiro atoms. The number of nitrogens with zero attached hydrogens (tertiary/aromatic N) is 2. The summed E-state index contributed by atoms with van der Waals surface area (Å²) >= 11 is 0. The van der Waals surface area contributed by atoms with Gasteiger partial charge in [0, 0.05) is 26.3 Å². The molecular weight excluding hydrogens is 344 g/mol. The van der Waals surface area contributed by atoms with E-state index in [1.807, 2.05) is 12.1 Å². The molecule has 3 rings (SSSR count). The minimum Gasteiger partial charge on any atom is -0.492 e. The Morgan fingerprint density at radius 2 is 1.89 bits per heavy atom. The van der Waals surface area contributed by atoms with Gasteiger partial charge in [0.1, 0.15) is 18.5 Å². The molecule has 3 atom stereocenters. The summed E-state index contributed by atoms with van der Waals surface area (Å²) in [7, 11) is 3.37. The number of likely N-dealkylation sites (tertiary alicyclic amines) is 1. The number of carbonyl (C=O) groups is 1. The fourth-order valence-corrected chi connectivity index (χ4v) is 4.14. The quantitative estimate of drug-likeness (QED) is 0.790. The highest BCUT2D eigenvalue weighted by Crippen LogP contribution is 2.26. The van der Waals surface area contributed by atoms with Gasteiger partial charge in [-0.3, -0.25) is 9.69 Å². The first kappa shape index (κ1) is 20.1. The maximum Gasteiger partial charge on any atom is 0.253 e. The Balaban J connectivity index is 1.53. The molecule has 1 aliphatic heterocycles. The molecule has 1 heterocycles. The lowest BCUT2D eigenvalue weighted by atomic mass is 9.88. The second-order valence-corrected chi connectivity index (χ2v) is 7.60. The molecule has 6 heteroatoms. The van der Waals surface area contributed by atoms with Crippen molar-refractivity contribution in [1.82, 2.24) is 9.80 Å². The van der Waals surface area contributed by atoms with Crippen LogP contribution in [-0.4, -0.2) is 79.5 Å². The van der Waals surface area contributed by atoms with Crippen molar-refractivity contribution in [3.05, 3.63) is 29.8 Å². The van der Waals surface area contributed by atoms with Crippen molar-refractivity contribution < 1.29 is 19.4 Å². The zero-order valence-electron chi connectivity index (χ0n) is 16.5. The smallest absolute Gasteiger partial charge is 0.253 e. The first-order valence-electron chi connectivity index (χ1n) is 10.0. The van der Waals surface area contributed by atoms with Crippen LogP contribution >= 0.6 is 0 Å². The topological polar surface area (TPSA) is 62.2 Å². The van der Waals surface area contributed by atoms with E-state index in [4.69, 9.17) is 9.47 Å². The number of hydrogen-bond donors (Lipinski definition) is 1. The van der Waals surface area contributed by atoms with E-state index in [0.717, 1.165) is 31.6 Å². The number of hydrogen-bond acceptors (Lipinski definition) is 5. The minimum absolute atomic E-state index is 0.0839. The number of aliphatic hydroxyl groups excluding tert-OH is 1. The number of methoxy groups -OCH3 is 1. The molecule has 0 aromatic heterocycles. The van der Waals surface area contributed by atoms with Crippen molar-refractivity contribution in [2.24, 2.45) is 0 Å². The van der Waals surface area contributed by atoms with Crippen LogP contribution in [0.5, 0.6) is 5.75 Å². The van der Waals surface area contributed by atoms with Crippen LogP contribution in [0.4, 0.5) is 0 Å². The van der Waals surface area contributed by atoms with Gasteiger partial charge in [-0.2, -0.15) is 0 Å². The Morgan fingerprint density at radius 3 is 2.56 bits per heavy atom. The van der Waals surface area contributed by atoms with Gasteiger partial charge in [0.05, 0.1) is 12.1 Å². The molecule has 1 saturated heterocycles. The Morgan fingerprint density at radius 1 is 1.19 bits per heavy atom. The van der Waals surface area contributed by atoms with Crippen LogP contribution in [-0.2, 0) is 4.74 Å². The van der Waals surface area contributed by atoms with Crippen LogP contribution in [0.3, 0.4) is 0 Å². The molecule has 1 aromatic carbocycles. The van der Waals surface area contributed by atoms with Crippen LogP contribution in [0.15, 0.2) is 24.3 Å². The fraction of sp³-hybridized carbons (Fsp3) is 0.667. The van der Waals surface area contributed by atoms with E-state index in [-0.39, 0.29) is 18.1 Å². The molecule has 6 nitrogen and oxygen atoms in total. The van der Waals surface area contributed by atoms with E-state index in [1.165, 1.54) is 25.9 Å². The van der Waals surface area contributed by atoms with Crippen LogP contribution in [0.2, 0.25) is 0 Å². The van der Waals surface area contributed by atoms with Gasteiger partial charge >= 0.3 is 0 Å². The highest BCUT2D eigenvalue weighted by Gasteiger charge is 2.36. The zero-order valence-corrected chi connectivity index (χ0v) is 16.5. The number of amides is 1. The van der Waals surface area contributed by atoms with Crippen molar-refractivity contribution in [3.63, 3.8) is 0 Å². The summed E-state index contributed by atoms with van der Waals surface area (Å²) in [4.78, 5) is 16.9. The van der Waals surface area contributed by atoms with Crippen LogP contribution in [0.1, 0.15) is 42.5 Å². The van der Waals surface area contributed by atoms with Crippen molar-refractivity contribution in [2.75, 3.05) is 40.4 Å². The van der Waals surface area contributed by atoms with Gasteiger partial charge < -0.3 is 19.5 Å². The van der Waals surface area contributed by atoms with E-state index in [1.54, 1.807) is 31.2 Å². The third kappa shape index (κ3) is 5.00. The number of rotatable bonds is 7. The molecular formula is C21H32N2O4. The van der Waals surface area contributed by atoms with E-state index in [0.29, 0.717) is 12.2 Å². The van der Waals surface area contributed by atoms with Crippen molar-refractivity contribution in [1.29, 1.82) is 0 Å². The lowest BCUT2D eigenvalue weighted by Crippen LogP contribution is -2.52. The maximum atomic E-state index is 12.8. The normalized spacial score (nSPS) is 26.1. The van der Waals surface area contributed by atoms with Gasteiger partial charge in [-0.25, -0.2) is 0 Å². The summed E-state index contributed by atoms with van der Waals surface area (Å²) in [6.07, 6.45) is 4.29. The van der Waals surface area contributed by atoms with Gasteiger partial charge in [0.25, 0.3) is 5.91 Å². The molecule has 1 aromatic rings. The monoisotopic (exact) mass is 376 g/mol. The SMILES string of the molecule is CO[C@@H]1CCC[C@@H](N(C)C(=O)c2ccc(OCCN3CCCC3)cc2)[C@H]1O. The molecule has 1 amide bonds. The Kier molecular flexibility index (Phi) is 7.10. The maximum absolute atomic E-state index is 12.8. The summed E-state index contributed by atoms with van der Waals surface area (Å²) in [5.41, 5.74) is 0.608. The first-order valence-corrected chi connectivity index (χ1v) is 10.0. The molecule has 150 valence electrons. The van der Waals surface area contributed by atoms with Crippen LogP contribution < -0.4 is 4.74 Å². The Labute approximate surface area is 162 Å². The molecule has 1 aliphatic carbocycles. The summed E-state index contributed by atoms with van der Waals surface area (Å²) in [6, 6.07) is 7.08. The van der Waals surface area contributed by atoms with Crippen molar-refractivity contribution in [2.45, 2.75) is 50.4 Å². The first-order chi connectivity index (χ1) is 13.1. The minimum atomic E-state index is -0.647. The molecule has 2 aliphatic rings. The van der Waals surface area contributed by atoms with E-state index < -0.39 is 6.10 Å². The number of carbonyl (C=O) groups excluding carboxylic acids is 1. The van der Waals surface area contributed by atoms with E-state index in [2.05, 4.69) is 4.90 Å². The third-order valence-corrected chi connectivity index (χ3v) is 5.86. The lowest BCUT2D eigenvalue weighted by molar-refractivity contribution is -0.0714. The van der Waals surface area contributed by atoms with Gasteiger partial charge in [-0.05, 0) is 69.5 Å². The second-order valence-electron chi connectivity index (χ2n) is 7.60. The van der Waals surface area contributed by atoms with Crippen LogP contribution in [0.25, 0.3) is 0 Å². The lowest BCUT2D eigenvalue weighted by Gasteiger charge is -2.39. The fourth-order valence-electron chi connectivity index (χ4n) is 4.14. The Hall–Kier alpha value is -1.63. The predicted molar refractivity (Wildman–Crippen MR) is 104 cm³/mol. The van der Waals surface area contributed by atoms with Gasteiger partial charge in [-0.15, -0.1) is 0 Å². The Bertz CT molecular complexity index is 601. The molecule has 1 N–H and O–H groups in total. The van der Waals surface area contributed by atoms with Crippen LogP contribution in [0, 0.1) is 0 Å². The summed E-state index contributed by atoms with van der Waals surface area (Å²) in [5.74, 6) is 0.699. The van der Waals surface area contributed by atoms with Gasteiger partial charge in [-0.1, -0.05) is 0 Å². The molecule has 1 saturated carbocycles. The highest BCUT2D eigenvalue weighted by molar-refractivity contribution is 5.94. The average Bonchev–Trinajstić information content (AvgIpc) is 3.21. The third-order valence-electron chi connectivity index (χ3n) is 5.86. The van der Waals surface area contributed by atoms with Gasteiger partial charge in [0.15, 0.2) is 0 Å². The average molecular weight is 376 g/mol. The highest BCUT2D eigenvalue weighted by atomic mass is 16.5. The number of likely N-dealkylation sites (N-methyl/N-ethyl adjacent to an activating group) is 1. The summed E-state index contributed by atoms with van der Waals surface area (Å²) in [5, 5.41) is 10.5. The van der Waals surface area contributed by atoms with Gasteiger partial charge in [0.2, 0.25) is 0 Å². The molecule has 0 unspecified atom stereocenters. The molecule has 27 heavy (non-hydrogen) atoms. The molecule has 0 radical (unpaired) electrons. The second kappa shape index (κ2) is 9.53. The molecule has 0 bridgehead atoms. The van der Waals surface area contributed by atoms with E-state index in [9.17, 15) is 9.90 Å². The van der Waals surface area contributed by atoms with Crippen molar-refractivity contribution >= 4 is 5.91 Å². The number of aliphatic hydroxyl groups is 1. The molecule has 2 fully saturated rings. The number of benzene rings is 1. The van der Waals surface area contributed by atoms with E-state index >= 15 is 0 Å². The standard InChI is InChI=1S/C21H32N2O4/c1-22(18-6-5-7-19(26-2)20(18)24)21(25)16-8-10-17(11-9-16)27-15-14-23-12-3-4-13-23/h8-11,18-20,24H,3-7,12-15H2,1-2H3/t18-,19-,20-/m1/s1. The summed E-state index contributed by atoms with van der Waals surface area (Å²) in [6.45, 7) is 3.95. The van der Waals surface area contributed by atoms with Crippen molar-refractivity contribution in [3.8, 4) is 5.75 Å².